The van der Waals surface area contributed by atoms with Crippen LogP contribution in [0.25, 0.3) is 0 Å². The minimum atomic E-state index is 0.677. The maximum atomic E-state index is 5.78. The predicted molar refractivity (Wildman–Crippen MR) is 72.9 cm³/mol. The molecule has 1 aliphatic rings. The van der Waals surface area contributed by atoms with Crippen molar-refractivity contribution in [2.45, 2.75) is 38.1 Å². The SMILES string of the molecule is NCC1CCCC1NCCCc1ccccc1. The minimum Gasteiger partial charge on any atom is -0.330 e. The average molecular weight is 232 g/mol. The largest absolute Gasteiger partial charge is 0.330 e. The van der Waals surface area contributed by atoms with E-state index in [9.17, 15) is 0 Å². The molecule has 3 N–H and O–H groups in total. The molecular formula is C15H24N2. The Hall–Kier alpha value is -0.860. The van der Waals surface area contributed by atoms with Crippen molar-refractivity contribution in [1.82, 2.24) is 5.32 Å². The highest BCUT2D eigenvalue weighted by molar-refractivity contribution is 5.14. The van der Waals surface area contributed by atoms with Crippen molar-refractivity contribution in [1.29, 1.82) is 0 Å². The Morgan fingerprint density at radius 1 is 1.18 bits per heavy atom. The average Bonchev–Trinajstić information content (AvgIpc) is 2.83. The molecule has 2 nitrogen and oxygen atoms in total. The van der Waals surface area contributed by atoms with E-state index in [-0.39, 0.29) is 0 Å². The summed E-state index contributed by atoms with van der Waals surface area (Å²) in [6.45, 7) is 1.96. The smallest absolute Gasteiger partial charge is 0.0107 e. The fraction of sp³-hybridized carbons (Fsp3) is 0.600. The molecule has 1 aromatic rings. The Morgan fingerprint density at radius 3 is 2.76 bits per heavy atom. The van der Waals surface area contributed by atoms with E-state index < -0.39 is 0 Å². The summed E-state index contributed by atoms with van der Waals surface area (Å²) in [6, 6.07) is 11.4. The van der Waals surface area contributed by atoms with Crippen molar-refractivity contribution in [3.8, 4) is 0 Å². The number of aryl methyl sites for hydroxylation is 1. The number of nitrogens with two attached hydrogens (primary N) is 1. The number of benzene rings is 1. The van der Waals surface area contributed by atoms with Gasteiger partial charge < -0.3 is 11.1 Å². The summed E-state index contributed by atoms with van der Waals surface area (Å²) in [4.78, 5) is 0. The number of hydrogen-bond donors (Lipinski definition) is 2. The zero-order valence-electron chi connectivity index (χ0n) is 10.6. The molecule has 0 spiro atoms. The lowest BCUT2D eigenvalue weighted by Gasteiger charge is -2.19. The Balaban J connectivity index is 1.63. The quantitative estimate of drug-likeness (QED) is 0.739. The fourth-order valence-corrected chi connectivity index (χ4v) is 2.81. The molecule has 1 fully saturated rings. The summed E-state index contributed by atoms with van der Waals surface area (Å²) in [5, 5.41) is 3.67. The Labute approximate surface area is 105 Å². The Bertz CT molecular complexity index is 310. The van der Waals surface area contributed by atoms with Gasteiger partial charge in [0.05, 0.1) is 0 Å². The van der Waals surface area contributed by atoms with E-state index in [0.717, 1.165) is 13.1 Å². The molecule has 0 radical (unpaired) electrons. The van der Waals surface area contributed by atoms with E-state index >= 15 is 0 Å². The van der Waals surface area contributed by atoms with Crippen LogP contribution in [0.3, 0.4) is 0 Å². The Morgan fingerprint density at radius 2 is 2.00 bits per heavy atom. The topological polar surface area (TPSA) is 38.0 Å². The maximum absolute atomic E-state index is 5.78. The van der Waals surface area contributed by atoms with E-state index in [1.807, 2.05) is 0 Å². The van der Waals surface area contributed by atoms with Crippen LogP contribution in [0.5, 0.6) is 0 Å². The van der Waals surface area contributed by atoms with Gasteiger partial charge in [-0.15, -0.1) is 0 Å². The molecule has 2 heteroatoms. The van der Waals surface area contributed by atoms with Gasteiger partial charge in [-0.05, 0) is 50.3 Å². The zero-order chi connectivity index (χ0) is 11.9. The molecule has 0 saturated heterocycles. The third kappa shape index (κ3) is 3.83. The molecule has 0 heterocycles. The molecule has 2 atom stereocenters. The summed E-state index contributed by atoms with van der Waals surface area (Å²) < 4.78 is 0. The van der Waals surface area contributed by atoms with Crippen LogP contribution in [0.2, 0.25) is 0 Å². The molecule has 1 aromatic carbocycles. The van der Waals surface area contributed by atoms with Crippen molar-refractivity contribution < 1.29 is 0 Å². The van der Waals surface area contributed by atoms with Gasteiger partial charge in [0.2, 0.25) is 0 Å². The molecule has 1 saturated carbocycles. The minimum absolute atomic E-state index is 0.677. The van der Waals surface area contributed by atoms with Gasteiger partial charge in [0.25, 0.3) is 0 Å². The molecule has 0 amide bonds. The van der Waals surface area contributed by atoms with Crippen LogP contribution in [0.4, 0.5) is 0 Å². The molecule has 94 valence electrons. The lowest BCUT2D eigenvalue weighted by atomic mass is 10.0. The van der Waals surface area contributed by atoms with E-state index in [0.29, 0.717) is 12.0 Å². The second kappa shape index (κ2) is 6.77. The molecule has 2 rings (SSSR count). The molecular weight excluding hydrogens is 208 g/mol. The van der Waals surface area contributed by atoms with Gasteiger partial charge in [0, 0.05) is 6.04 Å². The fourth-order valence-electron chi connectivity index (χ4n) is 2.81. The second-order valence-electron chi connectivity index (χ2n) is 5.08. The lowest BCUT2D eigenvalue weighted by molar-refractivity contribution is 0.405. The maximum Gasteiger partial charge on any atom is 0.0107 e. The van der Waals surface area contributed by atoms with E-state index in [1.54, 1.807) is 0 Å². The van der Waals surface area contributed by atoms with Crippen LogP contribution in [0, 0.1) is 5.92 Å². The van der Waals surface area contributed by atoms with Crippen molar-refractivity contribution >= 4 is 0 Å². The highest BCUT2D eigenvalue weighted by atomic mass is 14.9. The van der Waals surface area contributed by atoms with Crippen molar-refractivity contribution in [2.75, 3.05) is 13.1 Å². The summed E-state index contributed by atoms with van der Waals surface area (Å²) >= 11 is 0. The normalized spacial score (nSPS) is 24.1. The first-order chi connectivity index (χ1) is 8.40. The van der Waals surface area contributed by atoms with Gasteiger partial charge in [-0.25, -0.2) is 0 Å². The summed E-state index contributed by atoms with van der Waals surface area (Å²) in [5.41, 5.74) is 7.22. The van der Waals surface area contributed by atoms with Gasteiger partial charge in [0.1, 0.15) is 0 Å². The molecule has 2 unspecified atom stereocenters. The van der Waals surface area contributed by atoms with Crippen LogP contribution >= 0.6 is 0 Å². The summed E-state index contributed by atoms with van der Waals surface area (Å²) in [7, 11) is 0. The van der Waals surface area contributed by atoms with Gasteiger partial charge in [-0.2, -0.15) is 0 Å². The van der Waals surface area contributed by atoms with Crippen molar-refractivity contribution in [2.24, 2.45) is 11.7 Å². The van der Waals surface area contributed by atoms with Crippen LogP contribution in [0.15, 0.2) is 30.3 Å². The van der Waals surface area contributed by atoms with E-state index in [4.69, 9.17) is 5.73 Å². The lowest BCUT2D eigenvalue weighted by Crippen LogP contribution is -2.36. The van der Waals surface area contributed by atoms with Gasteiger partial charge in [0.15, 0.2) is 0 Å². The van der Waals surface area contributed by atoms with Gasteiger partial charge in [-0.1, -0.05) is 36.8 Å². The van der Waals surface area contributed by atoms with Crippen LogP contribution in [-0.4, -0.2) is 19.1 Å². The van der Waals surface area contributed by atoms with E-state index in [2.05, 4.69) is 35.6 Å². The number of nitrogens with one attached hydrogen (secondary N) is 1. The summed E-state index contributed by atoms with van der Waals surface area (Å²) in [6.07, 6.45) is 6.37. The van der Waals surface area contributed by atoms with Crippen molar-refractivity contribution in [3.05, 3.63) is 35.9 Å². The van der Waals surface area contributed by atoms with Crippen LogP contribution < -0.4 is 11.1 Å². The van der Waals surface area contributed by atoms with Crippen LogP contribution in [-0.2, 0) is 6.42 Å². The number of hydrogen-bond acceptors (Lipinski definition) is 2. The van der Waals surface area contributed by atoms with Gasteiger partial charge in [-0.3, -0.25) is 0 Å². The summed E-state index contributed by atoms with van der Waals surface area (Å²) in [5.74, 6) is 0.715. The molecule has 0 aromatic heterocycles. The Kier molecular flexibility index (Phi) is 5.02. The first-order valence-corrected chi connectivity index (χ1v) is 6.87. The molecule has 0 bridgehead atoms. The van der Waals surface area contributed by atoms with Gasteiger partial charge >= 0.3 is 0 Å². The van der Waals surface area contributed by atoms with Crippen molar-refractivity contribution in [3.63, 3.8) is 0 Å². The second-order valence-corrected chi connectivity index (χ2v) is 5.08. The van der Waals surface area contributed by atoms with E-state index in [1.165, 1.54) is 37.7 Å². The standard InChI is InChI=1S/C15H24N2/c16-12-14-9-4-10-15(14)17-11-5-8-13-6-2-1-3-7-13/h1-3,6-7,14-15,17H,4-5,8-12,16H2. The first kappa shape index (κ1) is 12.6. The molecule has 17 heavy (non-hydrogen) atoms. The highest BCUT2D eigenvalue weighted by Gasteiger charge is 2.24. The zero-order valence-corrected chi connectivity index (χ0v) is 10.6. The third-order valence-corrected chi connectivity index (χ3v) is 3.85. The third-order valence-electron chi connectivity index (χ3n) is 3.85. The molecule has 0 aliphatic heterocycles. The first-order valence-electron chi connectivity index (χ1n) is 6.87. The molecule has 1 aliphatic carbocycles. The predicted octanol–water partition coefficient (Wildman–Crippen LogP) is 2.34. The highest BCUT2D eigenvalue weighted by Crippen LogP contribution is 2.24. The monoisotopic (exact) mass is 232 g/mol. The van der Waals surface area contributed by atoms with Crippen LogP contribution in [0.1, 0.15) is 31.2 Å². The number of rotatable bonds is 6.